The van der Waals surface area contributed by atoms with Crippen LogP contribution in [0.3, 0.4) is 0 Å². The van der Waals surface area contributed by atoms with Crippen LogP contribution in [0.5, 0.6) is 0 Å². The van der Waals surface area contributed by atoms with Gasteiger partial charge in [-0.25, -0.2) is 0 Å². The second-order valence-corrected chi connectivity index (χ2v) is 5.17. The first-order valence-electron chi connectivity index (χ1n) is 6.49. The van der Waals surface area contributed by atoms with Gasteiger partial charge in [0.1, 0.15) is 0 Å². The molecular formula is C14H19ClN2O. The summed E-state index contributed by atoms with van der Waals surface area (Å²) in [5.74, 6) is 0.0793. The average molecular weight is 267 g/mol. The van der Waals surface area contributed by atoms with Crippen molar-refractivity contribution in [2.24, 2.45) is 5.73 Å². The molecule has 1 aliphatic rings. The number of nitrogens with two attached hydrogens (primary N) is 1. The predicted molar refractivity (Wildman–Crippen MR) is 73.8 cm³/mol. The fourth-order valence-electron chi connectivity index (χ4n) is 2.55. The number of hydrogen-bond donors (Lipinski definition) is 1. The van der Waals surface area contributed by atoms with Crippen LogP contribution in [-0.4, -0.2) is 29.9 Å². The molecule has 0 saturated carbocycles. The van der Waals surface area contributed by atoms with Gasteiger partial charge in [-0.05, 0) is 50.4 Å². The van der Waals surface area contributed by atoms with Crippen LogP contribution < -0.4 is 5.73 Å². The van der Waals surface area contributed by atoms with Crippen molar-refractivity contribution in [3.63, 3.8) is 0 Å². The molecule has 1 unspecified atom stereocenters. The first-order chi connectivity index (χ1) is 8.72. The van der Waals surface area contributed by atoms with E-state index in [9.17, 15) is 4.79 Å². The molecule has 0 aliphatic carbocycles. The van der Waals surface area contributed by atoms with Crippen molar-refractivity contribution < 1.29 is 4.79 Å². The molecule has 1 aromatic carbocycles. The van der Waals surface area contributed by atoms with E-state index in [1.165, 1.54) is 6.42 Å². The summed E-state index contributed by atoms with van der Waals surface area (Å²) >= 11 is 5.93. The SMILES string of the molecule is NCCC1CCCCN1C(=O)c1cccc(Cl)c1. The van der Waals surface area contributed by atoms with Crippen LogP contribution in [0.15, 0.2) is 24.3 Å². The van der Waals surface area contributed by atoms with Crippen LogP contribution in [0.2, 0.25) is 5.02 Å². The fraction of sp³-hybridized carbons (Fsp3) is 0.500. The minimum Gasteiger partial charge on any atom is -0.336 e. The van der Waals surface area contributed by atoms with Crippen LogP contribution in [0.4, 0.5) is 0 Å². The quantitative estimate of drug-likeness (QED) is 0.914. The number of hydrogen-bond acceptors (Lipinski definition) is 2. The van der Waals surface area contributed by atoms with E-state index in [0.717, 1.165) is 25.8 Å². The zero-order valence-corrected chi connectivity index (χ0v) is 11.2. The maximum absolute atomic E-state index is 12.5. The van der Waals surface area contributed by atoms with Crippen LogP contribution in [0.1, 0.15) is 36.0 Å². The molecule has 1 aliphatic heterocycles. The Morgan fingerprint density at radius 1 is 1.44 bits per heavy atom. The van der Waals surface area contributed by atoms with Crippen molar-refractivity contribution in [2.75, 3.05) is 13.1 Å². The van der Waals surface area contributed by atoms with Crippen LogP contribution in [0.25, 0.3) is 0 Å². The third-order valence-electron chi connectivity index (χ3n) is 3.46. The molecule has 1 atom stereocenters. The van der Waals surface area contributed by atoms with Gasteiger partial charge in [0.2, 0.25) is 0 Å². The second-order valence-electron chi connectivity index (χ2n) is 4.74. The van der Waals surface area contributed by atoms with E-state index in [1.807, 2.05) is 17.0 Å². The predicted octanol–water partition coefficient (Wildman–Crippen LogP) is 2.68. The topological polar surface area (TPSA) is 46.3 Å². The van der Waals surface area contributed by atoms with Gasteiger partial charge in [-0.1, -0.05) is 17.7 Å². The molecule has 3 nitrogen and oxygen atoms in total. The van der Waals surface area contributed by atoms with Gasteiger partial charge in [0, 0.05) is 23.2 Å². The van der Waals surface area contributed by atoms with E-state index >= 15 is 0 Å². The molecule has 1 saturated heterocycles. The Morgan fingerprint density at radius 2 is 2.28 bits per heavy atom. The van der Waals surface area contributed by atoms with Crippen LogP contribution in [0, 0.1) is 0 Å². The van der Waals surface area contributed by atoms with E-state index in [0.29, 0.717) is 17.1 Å². The highest BCUT2D eigenvalue weighted by Gasteiger charge is 2.26. The maximum atomic E-state index is 12.5. The van der Waals surface area contributed by atoms with Gasteiger partial charge in [-0.2, -0.15) is 0 Å². The van der Waals surface area contributed by atoms with Gasteiger partial charge >= 0.3 is 0 Å². The van der Waals surface area contributed by atoms with E-state index in [2.05, 4.69) is 0 Å². The van der Waals surface area contributed by atoms with Crippen molar-refractivity contribution in [1.82, 2.24) is 4.90 Å². The number of nitrogens with zero attached hydrogens (tertiary/aromatic N) is 1. The summed E-state index contributed by atoms with van der Waals surface area (Å²) in [7, 11) is 0. The summed E-state index contributed by atoms with van der Waals surface area (Å²) in [6, 6.07) is 7.44. The lowest BCUT2D eigenvalue weighted by Gasteiger charge is -2.35. The van der Waals surface area contributed by atoms with Crippen molar-refractivity contribution >= 4 is 17.5 Å². The van der Waals surface area contributed by atoms with Crippen LogP contribution in [-0.2, 0) is 0 Å². The number of amides is 1. The number of carbonyl (C=O) groups excluding carboxylic acids is 1. The van der Waals surface area contributed by atoms with Crippen LogP contribution >= 0.6 is 11.6 Å². The highest BCUT2D eigenvalue weighted by Crippen LogP contribution is 2.22. The third kappa shape index (κ3) is 3.03. The number of rotatable bonds is 3. The molecule has 4 heteroatoms. The molecule has 0 radical (unpaired) electrons. The molecule has 1 aromatic rings. The number of likely N-dealkylation sites (tertiary alicyclic amines) is 1. The summed E-state index contributed by atoms with van der Waals surface area (Å²) in [6.45, 7) is 1.46. The molecule has 0 aromatic heterocycles. The highest BCUT2D eigenvalue weighted by atomic mass is 35.5. The number of halogens is 1. The lowest BCUT2D eigenvalue weighted by atomic mass is 9.98. The average Bonchev–Trinajstić information content (AvgIpc) is 2.39. The zero-order valence-electron chi connectivity index (χ0n) is 10.4. The van der Waals surface area contributed by atoms with E-state index in [-0.39, 0.29) is 11.9 Å². The third-order valence-corrected chi connectivity index (χ3v) is 3.69. The molecular weight excluding hydrogens is 248 g/mol. The Hall–Kier alpha value is -1.06. The summed E-state index contributed by atoms with van der Waals surface area (Å²) in [6.07, 6.45) is 4.20. The number of piperidine rings is 1. The summed E-state index contributed by atoms with van der Waals surface area (Å²) in [4.78, 5) is 14.4. The summed E-state index contributed by atoms with van der Waals surface area (Å²) < 4.78 is 0. The summed E-state index contributed by atoms with van der Waals surface area (Å²) in [5, 5.41) is 0.605. The molecule has 2 N–H and O–H groups in total. The van der Waals surface area contributed by atoms with Crippen molar-refractivity contribution in [3.05, 3.63) is 34.9 Å². The Balaban J connectivity index is 2.15. The fourth-order valence-corrected chi connectivity index (χ4v) is 2.74. The standard InChI is InChI=1S/C14H19ClN2O/c15-12-5-3-4-11(10-12)14(18)17-9-2-1-6-13(17)7-8-16/h3-5,10,13H,1-2,6-9,16H2. The smallest absolute Gasteiger partial charge is 0.254 e. The minimum atomic E-state index is 0.0793. The molecule has 0 bridgehead atoms. The first kappa shape index (κ1) is 13.4. The van der Waals surface area contributed by atoms with Gasteiger partial charge in [0.25, 0.3) is 5.91 Å². The largest absolute Gasteiger partial charge is 0.336 e. The van der Waals surface area contributed by atoms with Gasteiger partial charge in [0.05, 0.1) is 0 Å². The van der Waals surface area contributed by atoms with E-state index in [4.69, 9.17) is 17.3 Å². The Morgan fingerprint density at radius 3 is 3.00 bits per heavy atom. The van der Waals surface area contributed by atoms with E-state index < -0.39 is 0 Å². The lowest BCUT2D eigenvalue weighted by molar-refractivity contribution is 0.0605. The van der Waals surface area contributed by atoms with Crippen molar-refractivity contribution in [3.8, 4) is 0 Å². The van der Waals surface area contributed by atoms with Gasteiger partial charge in [-0.3, -0.25) is 4.79 Å². The lowest BCUT2D eigenvalue weighted by Crippen LogP contribution is -2.44. The molecule has 0 spiro atoms. The molecule has 1 heterocycles. The van der Waals surface area contributed by atoms with Crippen molar-refractivity contribution in [2.45, 2.75) is 31.7 Å². The monoisotopic (exact) mass is 266 g/mol. The highest BCUT2D eigenvalue weighted by molar-refractivity contribution is 6.30. The normalized spacial score (nSPS) is 19.9. The molecule has 2 rings (SSSR count). The Kier molecular flexibility index (Phi) is 4.61. The van der Waals surface area contributed by atoms with Gasteiger partial charge in [0.15, 0.2) is 0 Å². The minimum absolute atomic E-state index is 0.0793. The van der Waals surface area contributed by atoms with Crippen molar-refractivity contribution in [1.29, 1.82) is 0 Å². The maximum Gasteiger partial charge on any atom is 0.254 e. The van der Waals surface area contributed by atoms with Gasteiger partial charge < -0.3 is 10.6 Å². The first-order valence-corrected chi connectivity index (χ1v) is 6.87. The van der Waals surface area contributed by atoms with E-state index in [1.54, 1.807) is 12.1 Å². The summed E-state index contributed by atoms with van der Waals surface area (Å²) in [5.41, 5.74) is 6.30. The number of benzene rings is 1. The number of carbonyl (C=O) groups is 1. The zero-order chi connectivity index (χ0) is 13.0. The molecule has 98 valence electrons. The second kappa shape index (κ2) is 6.21. The Labute approximate surface area is 113 Å². The Bertz CT molecular complexity index is 420. The van der Waals surface area contributed by atoms with Gasteiger partial charge in [-0.15, -0.1) is 0 Å². The molecule has 1 fully saturated rings. The molecule has 1 amide bonds. The molecule has 18 heavy (non-hydrogen) atoms.